The molecule has 2 rings (SSSR count). The molecule has 2 aromatic rings. The Morgan fingerprint density at radius 3 is 2.76 bits per heavy atom. The molecule has 0 heterocycles. The van der Waals surface area contributed by atoms with Gasteiger partial charge in [0.2, 0.25) is 0 Å². The fourth-order valence-electron chi connectivity index (χ4n) is 2.54. The van der Waals surface area contributed by atoms with Gasteiger partial charge in [0.15, 0.2) is 0 Å². The lowest BCUT2D eigenvalue weighted by Gasteiger charge is -2.16. The Hall–Kier alpha value is -1.98. The van der Waals surface area contributed by atoms with E-state index in [2.05, 4.69) is 24.4 Å². The van der Waals surface area contributed by atoms with Crippen LogP contribution in [-0.2, 0) is 17.9 Å². The third kappa shape index (κ3) is 6.44. The molecule has 0 bridgehead atoms. The lowest BCUT2D eigenvalue weighted by atomic mass is 10.1. The Kier molecular flexibility index (Phi) is 7.82. The molecular formula is C20H25NO3S. The summed E-state index contributed by atoms with van der Waals surface area (Å²) in [5.74, 6) is 0.785. The lowest BCUT2D eigenvalue weighted by molar-refractivity contribution is -0.139. The molecule has 2 N–H and O–H groups in total. The summed E-state index contributed by atoms with van der Waals surface area (Å²) < 4.78 is 5.96. The summed E-state index contributed by atoms with van der Waals surface area (Å²) in [7, 11) is 0. The van der Waals surface area contributed by atoms with Crippen LogP contribution in [0.2, 0.25) is 0 Å². The number of ether oxygens (including phenoxy) is 1. The van der Waals surface area contributed by atoms with Gasteiger partial charge in [0.05, 0.1) is 0 Å². The Morgan fingerprint density at radius 2 is 2.04 bits per heavy atom. The van der Waals surface area contributed by atoms with Crippen LogP contribution in [0.1, 0.15) is 23.1 Å². The molecule has 0 fully saturated rings. The van der Waals surface area contributed by atoms with Gasteiger partial charge in [-0.1, -0.05) is 48.0 Å². The summed E-state index contributed by atoms with van der Waals surface area (Å²) in [6, 6.07) is 15.4. The number of thioether (sulfide) groups is 1. The van der Waals surface area contributed by atoms with E-state index in [1.807, 2.05) is 42.7 Å². The smallest absolute Gasteiger partial charge is 0.320 e. The summed E-state index contributed by atoms with van der Waals surface area (Å²) in [5.41, 5.74) is 3.28. The Bertz CT molecular complexity index is 690. The molecule has 4 nitrogen and oxygen atoms in total. The standard InChI is InChI=1S/C20H25NO3S/c1-15-6-5-7-16(12-15)14-24-19-9-4-3-8-17(19)13-21-18(20(22)23)10-11-25-2/h3-9,12,18,21H,10-11,13-14H2,1-2H3,(H,22,23). The van der Waals surface area contributed by atoms with E-state index >= 15 is 0 Å². The number of hydrogen-bond donors (Lipinski definition) is 2. The van der Waals surface area contributed by atoms with Crippen molar-refractivity contribution in [3.05, 3.63) is 65.2 Å². The van der Waals surface area contributed by atoms with E-state index in [-0.39, 0.29) is 0 Å². The number of nitrogens with one attached hydrogen (secondary N) is 1. The number of hydrogen-bond acceptors (Lipinski definition) is 4. The molecule has 0 aliphatic rings. The first-order valence-electron chi connectivity index (χ1n) is 8.31. The summed E-state index contributed by atoms with van der Waals surface area (Å²) in [6.07, 6.45) is 2.58. The van der Waals surface area contributed by atoms with E-state index in [4.69, 9.17) is 4.74 Å². The molecule has 1 atom stereocenters. The normalized spacial score (nSPS) is 11.9. The molecule has 25 heavy (non-hydrogen) atoms. The first kappa shape index (κ1) is 19.3. The van der Waals surface area contributed by atoms with Crippen molar-refractivity contribution in [1.29, 1.82) is 0 Å². The number of aliphatic carboxylic acids is 1. The van der Waals surface area contributed by atoms with E-state index in [9.17, 15) is 9.90 Å². The number of carbonyl (C=O) groups is 1. The summed E-state index contributed by atoms with van der Waals surface area (Å²) in [4.78, 5) is 11.4. The van der Waals surface area contributed by atoms with Crippen LogP contribution in [0.3, 0.4) is 0 Å². The minimum atomic E-state index is -0.813. The fourth-order valence-corrected chi connectivity index (χ4v) is 3.01. The van der Waals surface area contributed by atoms with Gasteiger partial charge >= 0.3 is 5.97 Å². The van der Waals surface area contributed by atoms with Crippen LogP contribution in [0.25, 0.3) is 0 Å². The molecule has 0 saturated carbocycles. The molecule has 0 spiro atoms. The van der Waals surface area contributed by atoms with Crippen LogP contribution in [0, 0.1) is 6.92 Å². The van der Waals surface area contributed by atoms with Gasteiger partial charge in [-0.3, -0.25) is 4.79 Å². The van der Waals surface area contributed by atoms with Crippen LogP contribution >= 0.6 is 11.8 Å². The number of carboxylic acid groups (broad SMARTS) is 1. The average Bonchev–Trinajstić information content (AvgIpc) is 2.60. The second-order valence-electron chi connectivity index (χ2n) is 5.94. The first-order valence-corrected chi connectivity index (χ1v) is 9.71. The van der Waals surface area contributed by atoms with E-state index in [0.717, 1.165) is 22.6 Å². The van der Waals surface area contributed by atoms with Crippen LogP contribution < -0.4 is 10.1 Å². The van der Waals surface area contributed by atoms with Crippen molar-refractivity contribution in [1.82, 2.24) is 5.32 Å². The van der Waals surface area contributed by atoms with Crippen LogP contribution in [0.15, 0.2) is 48.5 Å². The highest BCUT2D eigenvalue weighted by Gasteiger charge is 2.16. The number of benzene rings is 2. The molecule has 0 aromatic heterocycles. The van der Waals surface area contributed by atoms with Crippen molar-refractivity contribution in [2.24, 2.45) is 0 Å². The number of carboxylic acids is 1. The van der Waals surface area contributed by atoms with Gasteiger partial charge in [0.1, 0.15) is 18.4 Å². The van der Waals surface area contributed by atoms with Crippen LogP contribution in [0.4, 0.5) is 0 Å². The van der Waals surface area contributed by atoms with Gasteiger partial charge in [0, 0.05) is 12.1 Å². The Morgan fingerprint density at radius 1 is 1.24 bits per heavy atom. The van der Waals surface area contributed by atoms with Gasteiger partial charge in [0.25, 0.3) is 0 Å². The van der Waals surface area contributed by atoms with Crippen molar-refractivity contribution >= 4 is 17.7 Å². The fraction of sp³-hybridized carbons (Fsp3) is 0.350. The first-order chi connectivity index (χ1) is 12.1. The number of para-hydroxylation sites is 1. The maximum absolute atomic E-state index is 11.4. The molecule has 0 saturated heterocycles. The van der Waals surface area contributed by atoms with Crippen molar-refractivity contribution < 1.29 is 14.6 Å². The van der Waals surface area contributed by atoms with Crippen molar-refractivity contribution in [3.63, 3.8) is 0 Å². The van der Waals surface area contributed by atoms with Gasteiger partial charge in [-0.2, -0.15) is 11.8 Å². The predicted octanol–water partition coefficient (Wildman–Crippen LogP) is 3.87. The third-order valence-electron chi connectivity index (χ3n) is 3.90. The molecule has 2 aromatic carbocycles. The highest BCUT2D eigenvalue weighted by molar-refractivity contribution is 7.98. The molecule has 5 heteroatoms. The average molecular weight is 359 g/mol. The van der Waals surface area contributed by atoms with E-state index < -0.39 is 12.0 Å². The molecule has 0 aliphatic carbocycles. The van der Waals surface area contributed by atoms with E-state index in [1.165, 1.54) is 5.56 Å². The molecule has 0 radical (unpaired) electrons. The van der Waals surface area contributed by atoms with Gasteiger partial charge in [-0.05, 0) is 37.0 Å². The topological polar surface area (TPSA) is 58.6 Å². The van der Waals surface area contributed by atoms with Crippen LogP contribution in [0.5, 0.6) is 5.75 Å². The summed E-state index contributed by atoms with van der Waals surface area (Å²) in [6.45, 7) is 3.02. The Labute approximate surface area is 153 Å². The van der Waals surface area contributed by atoms with Gasteiger partial charge < -0.3 is 15.2 Å². The van der Waals surface area contributed by atoms with Crippen molar-refractivity contribution in [2.45, 2.75) is 32.5 Å². The minimum absolute atomic E-state index is 0.468. The predicted molar refractivity (Wildman–Crippen MR) is 103 cm³/mol. The zero-order valence-corrected chi connectivity index (χ0v) is 15.5. The zero-order chi connectivity index (χ0) is 18.1. The highest BCUT2D eigenvalue weighted by atomic mass is 32.2. The SMILES string of the molecule is CSCCC(NCc1ccccc1OCc1cccc(C)c1)C(=O)O. The van der Waals surface area contributed by atoms with Crippen molar-refractivity contribution in [3.8, 4) is 5.75 Å². The zero-order valence-electron chi connectivity index (χ0n) is 14.7. The summed E-state index contributed by atoms with van der Waals surface area (Å²) in [5, 5.41) is 12.4. The van der Waals surface area contributed by atoms with Gasteiger partial charge in [-0.15, -0.1) is 0 Å². The molecule has 134 valence electrons. The second-order valence-corrected chi connectivity index (χ2v) is 6.92. The molecule has 0 aliphatic heterocycles. The quantitative estimate of drug-likeness (QED) is 0.674. The third-order valence-corrected chi connectivity index (χ3v) is 4.54. The minimum Gasteiger partial charge on any atom is -0.489 e. The number of rotatable bonds is 10. The van der Waals surface area contributed by atoms with E-state index in [1.54, 1.807) is 11.8 Å². The largest absolute Gasteiger partial charge is 0.489 e. The molecular weight excluding hydrogens is 334 g/mol. The highest BCUT2D eigenvalue weighted by Crippen LogP contribution is 2.20. The lowest BCUT2D eigenvalue weighted by Crippen LogP contribution is -2.36. The molecule has 0 amide bonds. The van der Waals surface area contributed by atoms with Crippen LogP contribution in [-0.4, -0.2) is 29.1 Å². The van der Waals surface area contributed by atoms with Gasteiger partial charge in [-0.25, -0.2) is 0 Å². The maximum atomic E-state index is 11.4. The monoisotopic (exact) mass is 359 g/mol. The Balaban J connectivity index is 1.98. The number of aryl methyl sites for hydroxylation is 1. The maximum Gasteiger partial charge on any atom is 0.320 e. The summed E-state index contributed by atoms with van der Waals surface area (Å²) >= 11 is 1.65. The van der Waals surface area contributed by atoms with E-state index in [0.29, 0.717) is 19.6 Å². The van der Waals surface area contributed by atoms with Crippen molar-refractivity contribution in [2.75, 3.05) is 12.0 Å². The second kappa shape index (κ2) is 10.1. The molecule has 1 unspecified atom stereocenters.